The quantitative estimate of drug-likeness (QED) is 0.809. The number of fused-ring (bicyclic) bond motifs is 1. The van der Waals surface area contributed by atoms with Crippen LogP contribution in [-0.2, 0) is 11.2 Å². The van der Waals surface area contributed by atoms with Crippen LogP contribution in [0.15, 0.2) is 24.5 Å². The highest BCUT2D eigenvalue weighted by Crippen LogP contribution is 2.16. The average Bonchev–Trinajstić information content (AvgIpc) is 2.85. The summed E-state index contributed by atoms with van der Waals surface area (Å²) in [5, 5.41) is 7.56. The lowest BCUT2D eigenvalue weighted by Gasteiger charge is -2.30. The van der Waals surface area contributed by atoms with Gasteiger partial charge in [-0.05, 0) is 44.0 Å². The van der Waals surface area contributed by atoms with E-state index < -0.39 is 0 Å². The smallest absolute Gasteiger partial charge is 0.224 e. The van der Waals surface area contributed by atoms with Crippen LogP contribution < -0.4 is 10.6 Å². The largest absolute Gasteiger partial charge is 0.352 e. The van der Waals surface area contributed by atoms with E-state index in [-0.39, 0.29) is 24.4 Å². The lowest BCUT2D eigenvalue weighted by Crippen LogP contribution is -2.52. The van der Waals surface area contributed by atoms with E-state index in [4.69, 9.17) is 0 Å². The molecule has 1 amide bonds. The first-order valence-corrected chi connectivity index (χ1v) is 7.18. The Morgan fingerprint density at radius 1 is 1.52 bits per heavy atom. The molecule has 0 bridgehead atoms. The number of pyridine rings is 1. The van der Waals surface area contributed by atoms with Crippen molar-refractivity contribution in [2.24, 2.45) is 0 Å². The van der Waals surface area contributed by atoms with Gasteiger partial charge in [0.2, 0.25) is 5.91 Å². The molecule has 5 nitrogen and oxygen atoms in total. The number of carbonyl (C=O) groups is 1. The van der Waals surface area contributed by atoms with E-state index in [0.29, 0.717) is 12.5 Å². The lowest BCUT2D eigenvalue weighted by atomic mass is 9.99. The normalized spacial score (nSPS) is 21.8. The number of halogens is 1. The molecule has 0 radical (unpaired) electrons. The Bertz CT molecular complexity index is 612. The number of aromatic nitrogens is 2. The maximum Gasteiger partial charge on any atom is 0.224 e. The van der Waals surface area contributed by atoms with Crippen LogP contribution in [0.3, 0.4) is 0 Å². The molecule has 6 heteroatoms. The molecule has 3 rings (SSSR count). The van der Waals surface area contributed by atoms with Crippen LogP contribution in [0.25, 0.3) is 11.0 Å². The Balaban J connectivity index is 0.00000161. The second-order valence-corrected chi connectivity index (χ2v) is 5.45. The minimum atomic E-state index is 0. The molecule has 21 heavy (non-hydrogen) atoms. The summed E-state index contributed by atoms with van der Waals surface area (Å²) < 4.78 is 0. The predicted molar refractivity (Wildman–Crippen MR) is 85.7 cm³/mol. The van der Waals surface area contributed by atoms with Gasteiger partial charge in [0.25, 0.3) is 0 Å². The number of carbonyl (C=O) groups excluding carboxylic acids is 1. The Morgan fingerprint density at radius 3 is 3.19 bits per heavy atom. The van der Waals surface area contributed by atoms with Crippen molar-refractivity contribution in [3.63, 3.8) is 0 Å². The van der Waals surface area contributed by atoms with Crippen molar-refractivity contribution in [2.75, 3.05) is 6.54 Å². The summed E-state index contributed by atoms with van der Waals surface area (Å²) in [6.45, 7) is 3.17. The minimum absolute atomic E-state index is 0. The summed E-state index contributed by atoms with van der Waals surface area (Å²) in [6, 6.07) is 4.47. The number of hydrogen-bond acceptors (Lipinski definition) is 3. The van der Waals surface area contributed by atoms with Gasteiger partial charge in [0.05, 0.1) is 6.42 Å². The summed E-state index contributed by atoms with van der Waals surface area (Å²) in [4.78, 5) is 19.5. The van der Waals surface area contributed by atoms with Crippen LogP contribution in [-0.4, -0.2) is 34.5 Å². The first-order valence-electron chi connectivity index (χ1n) is 7.18. The molecule has 0 aromatic carbocycles. The number of nitrogens with zero attached hydrogens (tertiary/aromatic N) is 1. The van der Waals surface area contributed by atoms with Crippen molar-refractivity contribution in [1.29, 1.82) is 0 Å². The highest BCUT2D eigenvalue weighted by atomic mass is 35.5. The standard InChI is InChI=1S/C15H20N4O.ClH/c1-10-13(5-3-6-16-10)19-14(20)8-11-9-18-15-12(11)4-2-7-17-15;/h2,4,7,9-10,13,16H,3,5-6,8H2,1H3,(H,17,18)(H,19,20);1H. The molecule has 0 spiro atoms. The van der Waals surface area contributed by atoms with E-state index in [0.717, 1.165) is 36.0 Å². The highest BCUT2D eigenvalue weighted by Gasteiger charge is 2.22. The Kier molecular flexibility index (Phi) is 5.20. The maximum absolute atomic E-state index is 12.2. The molecule has 0 saturated carbocycles. The van der Waals surface area contributed by atoms with Crippen molar-refractivity contribution >= 4 is 29.3 Å². The third kappa shape index (κ3) is 3.54. The molecular formula is C15H21ClN4O. The van der Waals surface area contributed by atoms with Gasteiger partial charge in [-0.1, -0.05) is 0 Å². The predicted octanol–water partition coefficient (Wildman–Crippen LogP) is 1.78. The van der Waals surface area contributed by atoms with Gasteiger partial charge in [0.1, 0.15) is 5.65 Å². The summed E-state index contributed by atoms with van der Waals surface area (Å²) in [5.74, 6) is 0.0790. The summed E-state index contributed by atoms with van der Waals surface area (Å²) >= 11 is 0. The molecule has 114 valence electrons. The molecule has 1 saturated heterocycles. The molecule has 1 fully saturated rings. The van der Waals surface area contributed by atoms with E-state index in [2.05, 4.69) is 27.5 Å². The van der Waals surface area contributed by atoms with E-state index in [1.165, 1.54) is 0 Å². The maximum atomic E-state index is 12.2. The summed E-state index contributed by atoms with van der Waals surface area (Å²) in [5.41, 5.74) is 1.84. The SMILES string of the molecule is CC1NCCCC1NC(=O)Cc1c[nH]c2ncccc12.Cl. The molecule has 3 N–H and O–H groups in total. The van der Waals surface area contributed by atoms with Gasteiger partial charge in [-0.25, -0.2) is 4.98 Å². The summed E-state index contributed by atoms with van der Waals surface area (Å²) in [7, 11) is 0. The van der Waals surface area contributed by atoms with Gasteiger partial charge in [-0.15, -0.1) is 12.4 Å². The van der Waals surface area contributed by atoms with Crippen LogP contribution >= 0.6 is 12.4 Å². The van der Waals surface area contributed by atoms with E-state index in [1.807, 2.05) is 18.3 Å². The van der Waals surface area contributed by atoms with Crippen molar-refractivity contribution in [3.05, 3.63) is 30.1 Å². The van der Waals surface area contributed by atoms with Gasteiger partial charge >= 0.3 is 0 Å². The zero-order chi connectivity index (χ0) is 13.9. The zero-order valence-corrected chi connectivity index (χ0v) is 12.9. The Labute approximate surface area is 130 Å². The summed E-state index contributed by atoms with van der Waals surface area (Å²) in [6.07, 6.45) is 6.19. The van der Waals surface area contributed by atoms with Crippen LogP contribution in [0.2, 0.25) is 0 Å². The molecular weight excluding hydrogens is 288 g/mol. The molecule has 1 aliphatic heterocycles. The van der Waals surface area contributed by atoms with Crippen molar-refractivity contribution in [2.45, 2.75) is 38.3 Å². The molecule has 2 aromatic heterocycles. The van der Waals surface area contributed by atoms with E-state index >= 15 is 0 Å². The van der Waals surface area contributed by atoms with Crippen LogP contribution in [0.1, 0.15) is 25.3 Å². The monoisotopic (exact) mass is 308 g/mol. The zero-order valence-electron chi connectivity index (χ0n) is 12.1. The average molecular weight is 309 g/mol. The first-order chi connectivity index (χ1) is 9.74. The van der Waals surface area contributed by atoms with Crippen molar-refractivity contribution < 1.29 is 4.79 Å². The van der Waals surface area contributed by atoms with Crippen LogP contribution in [0, 0.1) is 0 Å². The Hall–Kier alpha value is -1.59. The van der Waals surface area contributed by atoms with Crippen molar-refractivity contribution in [1.82, 2.24) is 20.6 Å². The fourth-order valence-corrected chi connectivity index (χ4v) is 2.83. The van der Waals surface area contributed by atoms with Crippen molar-refractivity contribution in [3.8, 4) is 0 Å². The Morgan fingerprint density at radius 2 is 2.38 bits per heavy atom. The first kappa shape index (κ1) is 15.8. The number of aromatic amines is 1. The second kappa shape index (κ2) is 6.91. The van der Waals surface area contributed by atoms with Gasteiger partial charge in [-0.2, -0.15) is 0 Å². The van der Waals surface area contributed by atoms with Gasteiger partial charge in [-0.3, -0.25) is 4.79 Å². The molecule has 2 atom stereocenters. The van der Waals surface area contributed by atoms with Crippen LogP contribution in [0.4, 0.5) is 0 Å². The third-order valence-electron chi connectivity index (χ3n) is 4.00. The van der Waals surface area contributed by atoms with E-state index in [1.54, 1.807) is 6.20 Å². The number of rotatable bonds is 3. The van der Waals surface area contributed by atoms with E-state index in [9.17, 15) is 4.79 Å². The number of hydrogen-bond donors (Lipinski definition) is 3. The van der Waals surface area contributed by atoms with Gasteiger partial charge in [0, 0.05) is 29.9 Å². The number of nitrogens with one attached hydrogen (secondary N) is 3. The number of H-pyrrole nitrogens is 1. The fourth-order valence-electron chi connectivity index (χ4n) is 2.83. The van der Waals surface area contributed by atoms with Crippen LogP contribution in [0.5, 0.6) is 0 Å². The molecule has 1 aliphatic rings. The van der Waals surface area contributed by atoms with Gasteiger partial charge in [0.15, 0.2) is 0 Å². The van der Waals surface area contributed by atoms with Gasteiger partial charge < -0.3 is 15.6 Å². The second-order valence-electron chi connectivity index (χ2n) is 5.45. The number of piperidine rings is 1. The highest BCUT2D eigenvalue weighted by molar-refractivity contribution is 5.87. The number of amides is 1. The lowest BCUT2D eigenvalue weighted by molar-refractivity contribution is -0.121. The third-order valence-corrected chi connectivity index (χ3v) is 4.00. The minimum Gasteiger partial charge on any atom is -0.352 e. The topological polar surface area (TPSA) is 69.8 Å². The molecule has 2 aromatic rings. The molecule has 2 unspecified atom stereocenters. The molecule has 3 heterocycles. The molecule has 0 aliphatic carbocycles. The fraction of sp³-hybridized carbons (Fsp3) is 0.467.